The van der Waals surface area contributed by atoms with Crippen LogP contribution in [-0.4, -0.2) is 21.6 Å². The van der Waals surface area contributed by atoms with Gasteiger partial charge in [-0.05, 0) is 17.2 Å². The molecule has 0 aliphatic carbocycles. The van der Waals surface area contributed by atoms with Gasteiger partial charge in [0.25, 0.3) is 0 Å². The topological polar surface area (TPSA) is 59.5 Å². The van der Waals surface area contributed by atoms with E-state index in [2.05, 4.69) is 27.1 Å². The number of anilines is 1. The molecule has 0 aliphatic heterocycles. The zero-order valence-corrected chi connectivity index (χ0v) is 11.4. The molecule has 2 N–H and O–H groups in total. The summed E-state index contributed by atoms with van der Waals surface area (Å²) in [5.41, 5.74) is 9.03. The van der Waals surface area contributed by atoms with Gasteiger partial charge in [-0.15, -0.1) is 0 Å². The SMILES string of the molecule is CN(Cc1ccccc1CN)c1ccn2nccc2n1. The van der Waals surface area contributed by atoms with Crippen LogP contribution in [-0.2, 0) is 13.1 Å². The van der Waals surface area contributed by atoms with Crippen molar-refractivity contribution < 1.29 is 0 Å². The summed E-state index contributed by atoms with van der Waals surface area (Å²) in [4.78, 5) is 6.69. The molecule has 3 aromatic rings. The smallest absolute Gasteiger partial charge is 0.157 e. The molecular weight excluding hydrogens is 250 g/mol. The van der Waals surface area contributed by atoms with Gasteiger partial charge in [-0.25, -0.2) is 9.50 Å². The molecule has 0 saturated heterocycles. The Kier molecular flexibility index (Phi) is 3.35. The van der Waals surface area contributed by atoms with Gasteiger partial charge >= 0.3 is 0 Å². The van der Waals surface area contributed by atoms with Crippen molar-refractivity contribution in [2.45, 2.75) is 13.1 Å². The maximum atomic E-state index is 5.78. The van der Waals surface area contributed by atoms with E-state index in [1.54, 1.807) is 10.7 Å². The molecule has 0 radical (unpaired) electrons. The third-order valence-corrected chi connectivity index (χ3v) is 3.38. The van der Waals surface area contributed by atoms with E-state index in [1.807, 2.05) is 37.5 Å². The highest BCUT2D eigenvalue weighted by Crippen LogP contribution is 2.16. The van der Waals surface area contributed by atoms with E-state index in [-0.39, 0.29) is 0 Å². The molecule has 0 amide bonds. The number of rotatable bonds is 4. The van der Waals surface area contributed by atoms with Crippen molar-refractivity contribution in [2.24, 2.45) is 5.73 Å². The Morgan fingerprint density at radius 2 is 1.95 bits per heavy atom. The van der Waals surface area contributed by atoms with Crippen molar-refractivity contribution in [1.82, 2.24) is 14.6 Å². The van der Waals surface area contributed by atoms with Gasteiger partial charge in [0.15, 0.2) is 5.65 Å². The van der Waals surface area contributed by atoms with Gasteiger partial charge in [0.2, 0.25) is 0 Å². The maximum absolute atomic E-state index is 5.78. The Bertz CT molecular complexity index is 719. The van der Waals surface area contributed by atoms with Gasteiger partial charge in [0, 0.05) is 32.4 Å². The number of nitrogens with two attached hydrogens (primary N) is 1. The fourth-order valence-corrected chi connectivity index (χ4v) is 2.26. The molecule has 102 valence electrons. The highest BCUT2D eigenvalue weighted by atomic mass is 15.3. The number of fused-ring (bicyclic) bond motifs is 1. The molecule has 0 unspecified atom stereocenters. The molecule has 0 atom stereocenters. The van der Waals surface area contributed by atoms with Crippen molar-refractivity contribution in [1.29, 1.82) is 0 Å². The van der Waals surface area contributed by atoms with Crippen molar-refractivity contribution >= 4 is 11.5 Å². The predicted molar refractivity (Wildman–Crippen MR) is 79.4 cm³/mol. The van der Waals surface area contributed by atoms with Crippen molar-refractivity contribution in [3.63, 3.8) is 0 Å². The second kappa shape index (κ2) is 5.30. The average molecular weight is 267 g/mol. The summed E-state index contributed by atoms with van der Waals surface area (Å²) in [6.07, 6.45) is 3.67. The van der Waals surface area contributed by atoms with Gasteiger partial charge in [0.1, 0.15) is 5.82 Å². The van der Waals surface area contributed by atoms with Gasteiger partial charge in [-0.1, -0.05) is 24.3 Å². The fraction of sp³-hybridized carbons (Fsp3) is 0.200. The monoisotopic (exact) mass is 267 g/mol. The molecule has 3 rings (SSSR count). The highest BCUT2D eigenvalue weighted by Gasteiger charge is 2.07. The van der Waals surface area contributed by atoms with Crippen LogP contribution in [0.3, 0.4) is 0 Å². The predicted octanol–water partition coefficient (Wildman–Crippen LogP) is 1.82. The number of benzene rings is 1. The minimum absolute atomic E-state index is 0.555. The van der Waals surface area contributed by atoms with Crippen LogP contribution in [0, 0.1) is 0 Å². The molecule has 2 aromatic heterocycles. The number of nitrogens with zero attached hydrogens (tertiary/aromatic N) is 4. The van der Waals surface area contributed by atoms with Crippen molar-refractivity contribution in [3.05, 3.63) is 59.9 Å². The van der Waals surface area contributed by atoms with E-state index in [4.69, 9.17) is 5.73 Å². The molecule has 0 bridgehead atoms. The van der Waals surface area contributed by atoms with E-state index in [0.717, 1.165) is 18.0 Å². The lowest BCUT2D eigenvalue weighted by atomic mass is 10.1. The quantitative estimate of drug-likeness (QED) is 0.783. The van der Waals surface area contributed by atoms with Crippen LogP contribution >= 0.6 is 0 Å². The molecule has 0 saturated carbocycles. The first kappa shape index (κ1) is 12.6. The minimum Gasteiger partial charge on any atom is -0.355 e. The first-order valence-electron chi connectivity index (χ1n) is 6.56. The summed E-state index contributed by atoms with van der Waals surface area (Å²) in [7, 11) is 2.03. The van der Waals surface area contributed by atoms with Crippen molar-refractivity contribution in [2.75, 3.05) is 11.9 Å². The molecule has 5 heteroatoms. The Balaban J connectivity index is 1.86. The Hall–Kier alpha value is -2.40. The number of hydrogen-bond donors (Lipinski definition) is 1. The van der Waals surface area contributed by atoms with Crippen LogP contribution in [0.2, 0.25) is 0 Å². The zero-order valence-electron chi connectivity index (χ0n) is 11.4. The Morgan fingerprint density at radius 3 is 2.75 bits per heavy atom. The van der Waals surface area contributed by atoms with E-state index < -0.39 is 0 Å². The molecule has 0 spiro atoms. The van der Waals surface area contributed by atoms with Crippen molar-refractivity contribution in [3.8, 4) is 0 Å². The van der Waals surface area contributed by atoms with Crippen LogP contribution in [0.4, 0.5) is 5.82 Å². The van der Waals surface area contributed by atoms with Crippen LogP contribution in [0.25, 0.3) is 5.65 Å². The highest BCUT2D eigenvalue weighted by molar-refractivity contribution is 5.47. The molecule has 2 heterocycles. The Morgan fingerprint density at radius 1 is 1.15 bits per heavy atom. The number of hydrogen-bond acceptors (Lipinski definition) is 4. The summed E-state index contributed by atoms with van der Waals surface area (Å²) in [5.74, 6) is 0.921. The largest absolute Gasteiger partial charge is 0.355 e. The molecular formula is C15H17N5. The molecule has 20 heavy (non-hydrogen) atoms. The third-order valence-electron chi connectivity index (χ3n) is 3.38. The lowest BCUT2D eigenvalue weighted by Gasteiger charge is -2.19. The second-order valence-corrected chi connectivity index (χ2v) is 4.75. The van der Waals surface area contributed by atoms with Gasteiger partial charge in [-0.2, -0.15) is 5.10 Å². The number of aromatic nitrogens is 3. The second-order valence-electron chi connectivity index (χ2n) is 4.75. The zero-order chi connectivity index (χ0) is 13.9. The Labute approximate surface area is 117 Å². The minimum atomic E-state index is 0.555. The summed E-state index contributed by atoms with van der Waals surface area (Å²) < 4.78 is 1.76. The lowest BCUT2D eigenvalue weighted by Crippen LogP contribution is -2.19. The van der Waals surface area contributed by atoms with E-state index >= 15 is 0 Å². The fourth-order valence-electron chi connectivity index (χ4n) is 2.26. The summed E-state index contributed by atoms with van der Waals surface area (Å²) in [6, 6.07) is 12.1. The van der Waals surface area contributed by atoms with Crippen LogP contribution in [0.15, 0.2) is 48.8 Å². The molecule has 1 aromatic carbocycles. The normalized spacial score (nSPS) is 10.9. The summed E-state index contributed by atoms with van der Waals surface area (Å²) in [6.45, 7) is 1.34. The maximum Gasteiger partial charge on any atom is 0.157 e. The molecule has 0 aliphatic rings. The van der Waals surface area contributed by atoms with E-state index in [0.29, 0.717) is 6.54 Å². The van der Waals surface area contributed by atoms with Crippen LogP contribution in [0.1, 0.15) is 11.1 Å². The standard InChI is InChI=1S/C15H17N5/c1-19(11-13-5-3-2-4-12(13)10-16)14-7-9-20-15(18-14)6-8-17-20/h2-9H,10-11,16H2,1H3. The summed E-state index contributed by atoms with van der Waals surface area (Å²) >= 11 is 0. The lowest BCUT2D eigenvalue weighted by molar-refractivity contribution is 0.863. The van der Waals surface area contributed by atoms with Gasteiger partial charge in [-0.3, -0.25) is 0 Å². The van der Waals surface area contributed by atoms with E-state index in [9.17, 15) is 0 Å². The van der Waals surface area contributed by atoms with Gasteiger partial charge < -0.3 is 10.6 Å². The van der Waals surface area contributed by atoms with Crippen LogP contribution in [0.5, 0.6) is 0 Å². The average Bonchev–Trinajstić information content (AvgIpc) is 2.95. The summed E-state index contributed by atoms with van der Waals surface area (Å²) in [5, 5.41) is 4.15. The van der Waals surface area contributed by atoms with Crippen LogP contribution < -0.4 is 10.6 Å². The first-order chi connectivity index (χ1) is 9.78. The molecule has 5 nitrogen and oxygen atoms in total. The third kappa shape index (κ3) is 2.35. The van der Waals surface area contributed by atoms with E-state index in [1.165, 1.54) is 11.1 Å². The van der Waals surface area contributed by atoms with Gasteiger partial charge in [0.05, 0.1) is 6.20 Å². The first-order valence-corrected chi connectivity index (χ1v) is 6.56. The molecule has 0 fully saturated rings.